The number of rotatable bonds is 8. The van der Waals surface area contributed by atoms with Crippen LogP contribution < -0.4 is 15.4 Å². The molecule has 3 N–H and O–H groups in total. The zero-order chi connectivity index (χ0) is 21.0. The van der Waals surface area contributed by atoms with Crippen molar-refractivity contribution in [2.24, 2.45) is 5.92 Å². The first-order chi connectivity index (χ1) is 13.8. The van der Waals surface area contributed by atoms with Crippen molar-refractivity contribution in [1.29, 1.82) is 0 Å². The van der Waals surface area contributed by atoms with Crippen molar-refractivity contribution in [2.75, 3.05) is 18.4 Å². The summed E-state index contributed by atoms with van der Waals surface area (Å²) in [5, 5.41) is 5.50. The number of carbonyl (C=O) groups is 2. The lowest BCUT2D eigenvalue weighted by Gasteiger charge is -2.10. The number of nitrogens with one attached hydrogen (secondary N) is 3. The fourth-order valence-electron chi connectivity index (χ4n) is 2.53. The number of halogens is 2. The number of hydrogen-bond donors (Lipinski definition) is 3. The molecule has 2 aromatic rings. The largest absolute Gasteiger partial charge is 0.351 e. The van der Waals surface area contributed by atoms with Crippen molar-refractivity contribution >= 4 is 50.7 Å². The summed E-state index contributed by atoms with van der Waals surface area (Å²) in [6.45, 7) is 0.0584. The van der Waals surface area contributed by atoms with Gasteiger partial charge in [-0.2, -0.15) is 0 Å². The quantitative estimate of drug-likeness (QED) is 0.531. The zero-order valence-corrected chi connectivity index (χ0v) is 17.6. The van der Waals surface area contributed by atoms with Gasteiger partial charge in [0.2, 0.25) is 15.9 Å². The molecule has 0 unspecified atom stereocenters. The molecule has 1 fully saturated rings. The predicted octanol–water partition coefficient (Wildman–Crippen LogP) is 3.05. The molecule has 0 aliphatic heterocycles. The van der Waals surface area contributed by atoms with E-state index in [-0.39, 0.29) is 45.8 Å². The fraction of sp³-hybridized carbons (Fsp3) is 0.263. The lowest BCUT2D eigenvalue weighted by atomic mass is 10.2. The average molecular weight is 456 g/mol. The second kappa shape index (κ2) is 9.13. The number of anilines is 1. The summed E-state index contributed by atoms with van der Waals surface area (Å²) in [4.78, 5) is 23.8. The summed E-state index contributed by atoms with van der Waals surface area (Å²) in [5.41, 5.74) is 1.03. The Kier molecular flexibility index (Phi) is 6.79. The van der Waals surface area contributed by atoms with Crippen molar-refractivity contribution in [3.05, 3.63) is 58.1 Å². The highest BCUT2D eigenvalue weighted by atomic mass is 35.5. The highest BCUT2D eigenvalue weighted by Crippen LogP contribution is 2.30. The maximum absolute atomic E-state index is 12.3. The normalized spacial score (nSPS) is 13.7. The van der Waals surface area contributed by atoms with E-state index in [0.29, 0.717) is 11.3 Å². The zero-order valence-electron chi connectivity index (χ0n) is 15.2. The molecular weight excluding hydrogens is 437 g/mol. The molecule has 0 radical (unpaired) electrons. The van der Waals surface area contributed by atoms with Crippen LogP contribution in [0, 0.1) is 5.92 Å². The van der Waals surface area contributed by atoms with Gasteiger partial charge in [0.1, 0.15) is 4.90 Å². The van der Waals surface area contributed by atoms with E-state index in [1.54, 1.807) is 24.3 Å². The third-order valence-corrected chi connectivity index (χ3v) is 6.71. The standard InChI is InChI=1S/C19H19Cl2N3O4S/c20-15-2-1-3-16(17(15)21)29(27,28)23-11-10-22-18(25)12-6-8-14(9-7-12)24-19(26)13-4-5-13/h1-3,6-9,13,23H,4-5,10-11H2,(H,22,25)(H,24,26). The Hall–Kier alpha value is -2.13. The molecule has 1 aliphatic rings. The van der Waals surface area contributed by atoms with E-state index in [2.05, 4.69) is 15.4 Å². The van der Waals surface area contributed by atoms with Crippen LogP contribution in [-0.4, -0.2) is 33.3 Å². The smallest absolute Gasteiger partial charge is 0.251 e. The molecule has 0 atom stereocenters. The van der Waals surface area contributed by atoms with Crippen LogP contribution in [0.25, 0.3) is 0 Å². The topological polar surface area (TPSA) is 104 Å². The summed E-state index contributed by atoms with van der Waals surface area (Å²) in [6.07, 6.45) is 1.83. The van der Waals surface area contributed by atoms with Gasteiger partial charge >= 0.3 is 0 Å². The molecule has 7 nitrogen and oxygen atoms in total. The van der Waals surface area contributed by atoms with Crippen LogP contribution >= 0.6 is 23.2 Å². The Balaban J connectivity index is 1.48. The summed E-state index contributed by atoms with van der Waals surface area (Å²) < 4.78 is 27.0. The minimum absolute atomic E-state index is 0.00528. The predicted molar refractivity (Wildman–Crippen MR) is 112 cm³/mol. The van der Waals surface area contributed by atoms with E-state index in [0.717, 1.165) is 12.8 Å². The van der Waals surface area contributed by atoms with Gasteiger partial charge in [0.25, 0.3) is 5.91 Å². The van der Waals surface area contributed by atoms with E-state index < -0.39 is 10.0 Å². The van der Waals surface area contributed by atoms with Gasteiger partial charge in [0, 0.05) is 30.3 Å². The van der Waals surface area contributed by atoms with Crippen LogP contribution in [0.4, 0.5) is 5.69 Å². The van der Waals surface area contributed by atoms with E-state index >= 15 is 0 Å². The van der Waals surface area contributed by atoms with Crippen molar-refractivity contribution in [2.45, 2.75) is 17.7 Å². The highest BCUT2D eigenvalue weighted by Gasteiger charge is 2.29. The molecular formula is C19H19Cl2N3O4S. The van der Waals surface area contributed by atoms with Gasteiger partial charge in [0.15, 0.2) is 0 Å². The molecule has 0 heterocycles. The molecule has 10 heteroatoms. The van der Waals surface area contributed by atoms with E-state index in [1.807, 2.05) is 0 Å². The molecule has 0 aromatic heterocycles. The van der Waals surface area contributed by atoms with Crippen LogP contribution in [0.5, 0.6) is 0 Å². The van der Waals surface area contributed by atoms with E-state index in [4.69, 9.17) is 23.2 Å². The Morgan fingerprint density at radius 3 is 2.34 bits per heavy atom. The molecule has 29 heavy (non-hydrogen) atoms. The Labute approximate surface area is 178 Å². The van der Waals surface area contributed by atoms with Crippen molar-refractivity contribution < 1.29 is 18.0 Å². The Morgan fingerprint density at radius 2 is 1.69 bits per heavy atom. The number of hydrogen-bond acceptors (Lipinski definition) is 4. The summed E-state index contributed by atoms with van der Waals surface area (Å²) in [5.74, 6) is -0.261. The molecule has 154 valence electrons. The van der Waals surface area contributed by atoms with Gasteiger partial charge in [-0.1, -0.05) is 29.3 Å². The third-order valence-electron chi connectivity index (χ3n) is 4.27. The van der Waals surface area contributed by atoms with Gasteiger partial charge in [-0.25, -0.2) is 13.1 Å². The molecule has 0 bridgehead atoms. The molecule has 2 amide bonds. The van der Waals surface area contributed by atoms with E-state index in [1.165, 1.54) is 18.2 Å². The van der Waals surface area contributed by atoms with Crippen molar-refractivity contribution in [3.63, 3.8) is 0 Å². The maximum atomic E-state index is 12.3. The molecule has 0 saturated heterocycles. The van der Waals surface area contributed by atoms with Gasteiger partial charge in [-0.15, -0.1) is 0 Å². The minimum Gasteiger partial charge on any atom is -0.351 e. The fourth-order valence-corrected chi connectivity index (χ4v) is 4.32. The lowest BCUT2D eigenvalue weighted by molar-refractivity contribution is -0.117. The number of amides is 2. The van der Waals surface area contributed by atoms with Crippen LogP contribution in [0.3, 0.4) is 0 Å². The lowest BCUT2D eigenvalue weighted by Crippen LogP contribution is -2.34. The van der Waals surface area contributed by atoms with E-state index in [9.17, 15) is 18.0 Å². The summed E-state index contributed by atoms with van der Waals surface area (Å²) in [7, 11) is -3.85. The van der Waals surface area contributed by atoms with Crippen molar-refractivity contribution in [1.82, 2.24) is 10.0 Å². The highest BCUT2D eigenvalue weighted by molar-refractivity contribution is 7.89. The second-order valence-electron chi connectivity index (χ2n) is 6.55. The number of carbonyl (C=O) groups excluding carboxylic acids is 2. The van der Waals surface area contributed by atoms with Crippen LogP contribution in [-0.2, 0) is 14.8 Å². The maximum Gasteiger partial charge on any atom is 0.251 e. The van der Waals surface area contributed by atoms with Crippen molar-refractivity contribution in [3.8, 4) is 0 Å². The minimum atomic E-state index is -3.85. The molecule has 3 rings (SSSR count). The van der Waals surface area contributed by atoms with Crippen LogP contribution in [0.15, 0.2) is 47.4 Å². The summed E-state index contributed by atoms with van der Waals surface area (Å²) in [6, 6.07) is 10.8. The van der Waals surface area contributed by atoms with Crippen LogP contribution in [0.2, 0.25) is 10.0 Å². The number of benzene rings is 2. The Bertz CT molecular complexity index is 1020. The van der Waals surface area contributed by atoms with Gasteiger partial charge in [-0.3, -0.25) is 9.59 Å². The summed E-state index contributed by atoms with van der Waals surface area (Å²) >= 11 is 11.8. The Morgan fingerprint density at radius 1 is 1.00 bits per heavy atom. The first kappa shape index (κ1) is 21.6. The third kappa shape index (κ3) is 5.70. The monoisotopic (exact) mass is 455 g/mol. The van der Waals surface area contributed by atoms with Gasteiger partial charge in [0.05, 0.1) is 10.0 Å². The SMILES string of the molecule is O=C(NCCNS(=O)(=O)c1cccc(Cl)c1Cl)c1ccc(NC(=O)C2CC2)cc1. The van der Waals surface area contributed by atoms with Gasteiger partial charge in [-0.05, 0) is 49.2 Å². The van der Waals surface area contributed by atoms with Gasteiger partial charge < -0.3 is 10.6 Å². The first-order valence-corrected chi connectivity index (χ1v) is 11.1. The van der Waals surface area contributed by atoms with Crippen LogP contribution in [0.1, 0.15) is 23.2 Å². The molecule has 1 saturated carbocycles. The first-order valence-electron chi connectivity index (χ1n) is 8.91. The number of sulfonamides is 1. The average Bonchev–Trinajstić information content (AvgIpc) is 3.53. The second-order valence-corrected chi connectivity index (χ2v) is 9.07. The molecule has 2 aromatic carbocycles. The molecule has 0 spiro atoms. The molecule has 1 aliphatic carbocycles.